The molecule has 0 bridgehead atoms. The first-order chi connectivity index (χ1) is 66.2. The largest absolute Gasteiger partial charge is 0.394 e. The number of aliphatic hydroxyl groups excluding tert-OH is 29. The summed E-state index contributed by atoms with van der Waals surface area (Å²) in [6.07, 6.45) is -106. The Morgan fingerprint density at radius 2 is 0.407 bits per heavy atom. The third kappa shape index (κ3) is 25.8. The van der Waals surface area contributed by atoms with Gasteiger partial charge in [0.2, 0.25) is 35.4 Å². The Bertz CT molecular complexity index is 3920. The highest BCUT2D eigenvalue weighted by Gasteiger charge is 2.63. The van der Waals surface area contributed by atoms with Crippen molar-refractivity contribution in [2.45, 2.75) is 379 Å². The van der Waals surface area contributed by atoms with Crippen LogP contribution in [0, 0.1) is 0 Å². The van der Waals surface area contributed by atoms with Crippen LogP contribution in [0.15, 0.2) is 0 Å². The smallest absolute Gasteiger partial charge is 0.217 e. The predicted molar refractivity (Wildman–Crippen MR) is 432 cm³/mol. The number of amides is 6. The number of carbonyl (C=O) groups is 6. The number of aliphatic hydroxyl groups is 29. The van der Waals surface area contributed by atoms with E-state index in [4.69, 9.17) is 99.5 Å². The fraction of sp³-hybridized carbons (Fsp3) is 0.923. The molecule has 11 heterocycles. The number of ether oxygens (including phenoxy) is 21. The molecule has 140 heavy (non-hydrogen) atoms. The summed E-state index contributed by atoms with van der Waals surface area (Å²) in [7, 11) is 0. The standard InChI is InChI=1S/C78H130N6O56/c1-18(94)79-35-49(108)60(28(11-89)122-68(35)119)133-72-39(83-22(5)98)52(111)63(31(14-92)128-72)137-76-59(118)65(138-78-67(140-71-37(81-20(3)96)48(107)42(101)25(8-86)124-71)58(117)64(32(15-93)130-78)134-73-40(84-23(6)99)51(110)62(30(13-91)129-73)136-75-57(116)54(113)44(103)27(10-88)126-75)46(105)34(131-76)17-121-77-66(139-70-36(80-19(2)95)47(106)41(100)24(7-85)123-70)55(114)45(104)33(132-77)16-120-69-38(82-21(4)97)50(109)61(29(12-90)127-69)135-74-56(115)53(112)43(102)26(9-87)125-74/h24-78,85-93,100-119H,7-17H2,1-6H3,(H,79,94)(H,80,95)(H,81,96)(H,82,97)(H,83,98)(H,84,99)/t24-,25-,26-,27-,28-,29-,30-,31-,32-,33-,34-,35-,36-,37-,38-,39-,40-,41-,42-,43+,44+,45-,46-,47-,48-,49-,50-,51-,52-,53+,54+,55+,56-,57-,58+,59+,60-,61-,62-,63-,64-,65+,66+,67+,68-,69-,70+,71+,72+,73+,74+,75+,76+,77+,78-/m1/s1. The average molecular weight is 2050 g/mol. The molecule has 11 aliphatic rings. The van der Waals surface area contributed by atoms with Gasteiger partial charge in [0.1, 0.15) is 268 Å². The van der Waals surface area contributed by atoms with Crippen LogP contribution in [0.2, 0.25) is 0 Å². The summed E-state index contributed by atoms with van der Waals surface area (Å²) in [5.41, 5.74) is 0. The molecule has 35 N–H and O–H groups in total. The van der Waals surface area contributed by atoms with Gasteiger partial charge >= 0.3 is 0 Å². The molecule has 0 aromatic heterocycles. The molecule has 62 nitrogen and oxygen atoms in total. The summed E-state index contributed by atoms with van der Waals surface area (Å²) < 4.78 is 127. The van der Waals surface area contributed by atoms with Crippen molar-refractivity contribution in [3.63, 3.8) is 0 Å². The maximum atomic E-state index is 13.3. The predicted octanol–water partition coefficient (Wildman–Crippen LogP) is -24.1. The lowest BCUT2D eigenvalue weighted by Crippen LogP contribution is -2.71. The number of nitrogens with one attached hydrogen (secondary N) is 6. The van der Waals surface area contributed by atoms with Crippen molar-refractivity contribution >= 4 is 35.4 Å². The second kappa shape index (κ2) is 50.7. The van der Waals surface area contributed by atoms with Crippen LogP contribution in [0.5, 0.6) is 0 Å². The topological polar surface area (TPSA) is 955 Å². The minimum absolute atomic E-state index is 0.833. The van der Waals surface area contributed by atoms with Crippen molar-refractivity contribution in [2.24, 2.45) is 0 Å². The van der Waals surface area contributed by atoms with E-state index >= 15 is 0 Å². The zero-order chi connectivity index (χ0) is 103. The van der Waals surface area contributed by atoms with Crippen molar-refractivity contribution in [1.82, 2.24) is 31.9 Å². The first kappa shape index (κ1) is 115. The van der Waals surface area contributed by atoms with Crippen molar-refractivity contribution in [3.05, 3.63) is 0 Å². The van der Waals surface area contributed by atoms with E-state index in [1.165, 1.54) is 0 Å². The molecule has 11 fully saturated rings. The number of rotatable bonds is 37. The van der Waals surface area contributed by atoms with Crippen LogP contribution in [0.1, 0.15) is 41.5 Å². The van der Waals surface area contributed by atoms with Gasteiger partial charge in [-0.1, -0.05) is 0 Å². The molecule has 0 unspecified atom stereocenters. The lowest BCUT2D eigenvalue weighted by atomic mass is 9.93. The van der Waals surface area contributed by atoms with Crippen LogP contribution in [0.4, 0.5) is 0 Å². The molecule has 808 valence electrons. The van der Waals surface area contributed by atoms with E-state index in [1.807, 2.05) is 0 Å². The first-order valence-corrected chi connectivity index (χ1v) is 44.6. The highest BCUT2D eigenvalue weighted by molar-refractivity contribution is 5.75. The second-order valence-corrected chi connectivity index (χ2v) is 35.3. The molecular weight excluding hydrogens is 1920 g/mol. The Kier molecular flexibility index (Phi) is 41.7. The molecular formula is C78H130N6O56. The Morgan fingerprint density at radius 3 is 0.764 bits per heavy atom. The van der Waals surface area contributed by atoms with Crippen LogP contribution >= 0.6 is 0 Å². The first-order valence-electron chi connectivity index (χ1n) is 44.6. The Balaban J connectivity index is 0.983. The molecule has 0 spiro atoms. The van der Waals surface area contributed by atoms with Gasteiger partial charge in [0.05, 0.1) is 72.7 Å². The highest BCUT2D eigenvalue weighted by Crippen LogP contribution is 2.42. The molecule has 11 rings (SSSR count). The van der Waals surface area contributed by atoms with E-state index in [9.17, 15) is 177 Å². The second-order valence-electron chi connectivity index (χ2n) is 35.3. The lowest BCUT2D eigenvalue weighted by Gasteiger charge is -2.52. The van der Waals surface area contributed by atoms with Crippen LogP contribution in [0.25, 0.3) is 0 Å². The molecule has 55 atom stereocenters. The summed E-state index contributed by atoms with van der Waals surface area (Å²) in [5.74, 6) is -5.72. The summed E-state index contributed by atoms with van der Waals surface area (Å²) >= 11 is 0. The van der Waals surface area contributed by atoms with Crippen LogP contribution in [-0.2, 0) is 128 Å². The van der Waals surface area contributed by atoms with E-state index < -0.39 is 446 Å². The van der Waals surface area contributed by atoms with Gasteiger partial charge in [0.25, 0.3) is 0 Å². The quantitative estimate of drug-likeness (QED) is 0.0275. The van der Waals surface area contributed by atoms with Gasteiger partial charge in [-0.2, -0.15) is 0 Å². The van der Waals surface area contributed by atoms with Gasteiger partial charge in [-0.3, -0.25) is 28.8 Å². The highest BCUT2D eigenvalue weighted by atomic mass is 16.8. The van der Waals surface area contributed by atoms with Gasteiger partial charge in [-0.15, -0.1) is 0 Å². The van der Waals surface area contributed by atoms with E-state index in [2.05, 4.69) is 31.9 Å². The zero-order valence-electron chi connectivity index (χ0n) is 75.5. The van der Waals surface area contributed by atoms with E-state index in [-0.39, 0.29) is 0 Å². The minimum Gasteiger partial charge on any atom is -0.394 e. The van der Waals surface area contributed by atoms with Crippen LogP contribution in [-0.4, -0.2) is 594 Å². The molecule has 11 aliphatic heterocycles. The monoisotopic (exact) mass is 2050 g/mol. The molecule has 0 radical (unpaired) electrons. The van der Waals surface area contributed by atoms with Gasteiger partial charge in [-0.25, -0.2) is 0 Å². The van der Waals surface area contributed by atoms with E-state index in [0.29, 0.717) is 0 Å². The van der Waals surface area contributed by atoms with Crippen molar-refractivity contribution in [3.8, 4) is 0 Å². The fourth-order valence-corrected chi connectivity index (χ4v) is 18.1. The van der Waals surface area contributed by atoms with Crippen molar-refractivity contribution in [2.75, 3.05) is 72.7 Å². The van der Waals surface area contributed by atoms with Gasteiger partial charge in [0, 0.05) is 41.5 Å². The third-order valence-corrected chi connectivity index (χ3v) is 25.4. The maximum Gasteiger partial charge on any atom is 0.217 e. The van der Waals surface area contributed by atoms with Crippen LogP contribution in [0.3, 0.4) is 0 Å². The summed E-state index contributed by atoms with van der Waals surface area (Å²) in [4.78, 5) is 77.6. The lowest BCUT2D eigenvalue weighted by molar-refractivity contribution is -0.404. The Morgan fingerprint density at radius 1 is 0.186 bits per heavy atom. The van der Waals surface area contributed by atoms with Gasteiger partial charge in [0.15, 0.2) is 69.2 Å². The van der Waals surface area contributed by atoms with Crippen molar-refractivity contribution < 1.29 is 276 Å². The number of hydrogen-bond acceptors (Lipinski definition) is 56. The summed E-state index contributed by atoms with van der Waals surface area (Å²) in [5, 5.41) is 342. The molecule has 6 amide bonds. The SMILES string of the molecule is CC(=O)N[C@@H]1[C@@H](O)[C@H](O[C@@H]2O[C@H](CO)[C@@H](O[C@@H]3O[C@H](CO[C@H]4O[C@H](CO[C@@H]5O[C@H](CO)[C@@H](O[C@@H]6O[C@H](CO)[C@H](O)[C@H](O)[C@H]6O)[C@H](O)[C@H]5NC(C)=O)[C@@H](O)[C@H](O)[C@@H]4O[C@@H]4O[C@H](CO)[C@@H](O)[C@H](O)[C@H]4NC(C)=O)[C@@H](O)[C@H](O[C@H]4O[C@H](CO)[C@@H](O[C@@H]5O[C@H](CO)[C@@H](O[C@@H]6O[C@H](CO)[C@H](O)[C@H](O)[C@H]6O)[C@H](O)[C@H]5NC(C)=O)[C@H](O)[C@@H]4O[C@@H]4O[C@H](CO)[C@@H](O)[C@H](O)[C@H]4NC(C)=O)[C@@H]3O)[C@H](O)[C@H]2NC(C)=O)[C@@H](CO)O[C@H]1O. The number of carbonyl (C=O) groups excluding carboxylic acids is 6. The molecule has 0 aromatic carbocycles. The molecule has 0 aliphatic carbocycles. The summed E-state index contributed by atoms with van der Waals surface area (Å²) in [6.45, 7) is -7.21. The molecule has 0 aromatic rings. The molecule has 11 saturated heterocycles. The van der Waals surface area contributed by atoms with Crippen molar-refractivity contribution in [1.29, 1.82) is 0 Å². The van der Waals surface area contributed by atoms with E-state index in [0.717, 1.165) is 41.5 Å². The normalized spacial score (nSPS) is 48.1. The Labute approximate surface area is 792 Å². The van der Waals surface area contributed by atoms with E-state index in [1.54, 1.807) is 0 Å². The summed E-state index contributed by atoms with van der Waals surface area (Å²) in [6, 6.07) is -11.5. The Hall–Kier alpha value is -5.18. The maximum absolute atomic E-state index is 13.3. The minimum atomic E-state index is -2.75. The fourth-order valence-electron chi connectivity index (χ4n) is 18.1. The van der Waals surface area contributed by atoms with Gasteiger partial charge < -0.3 is 279 Å². The van der Waals surface area contributed by atoms with Gasteiger partial charge in [-0.05, 0) is 0 Å². The third-order valence-electron chi connectivity index (χ3n) is 25.4. The molecule has 0 saturated carbocycles. The van der Waals surface area contributed by atoms with Crippen LogP contribution < -0.4 is 31.9 Å². The average Bonchev–Trinajstić information content (AvgIpc) is 0.753. The zero-order valence-corrected chi connectivity index (χ0v) is 75.5. The molecule has 62 heteroatoms. The number of hydrogen-bond donors (Lipinski definition) is 35.